The largest absolute Gasteiger partial charge is 0.326 e. The first-order valence-electron chi connectivity index (χ1n) is 5.59. The van der Waals surface area contributed by atoms with E-state index in [1.54, 1.807) is 0 Å². The van der Waals surface area contributed by atoms with E-state index in [9.17, 15) is 0 Å². The molecule has 2 rings (SSSR count). The van der Waals surface area contributed by atoms with Gasteiger partial charge in [0.25, 0.3) is 0 Å². The number of nitrogens with zero attached hydrogens (tertiary/aromatic N) is 1. The lowest BCUT2D eigenvalue weighted by molar-refractivity contribution is 0.0363. The van der Waals surface area contributed by atoms with Crippen LogP contribution < -0.4 is 5.73 Å². The molecule has 0 amide bonds. The highest BCUT2D eigenvalue weighted by Gasteiger charge is 2.41. The average Bonchev–Trinajstić information content (AvgIpc) is 2.41. The Morgan fingerprint density at radius 3 is 2.15 bits per heavy atom. The lowest BCUT2D eigenvalue weighted by atomic mass is 9.71. The first kappa shape index (κ1) is 9.47. The van der Waals surface area contributed by atoms with Gasteiger partial charge < -0.3 is 5.73 Å². The minimum Gasteiger partial charge on any atom is -0.326 e. The van der Waals surface area contributed by atoms with Crippen LogP contribution in [0.15, 0.2) is 0 Å². The fourth-order valence-corrected chi connectivity index (χ4v) is 2.78. The van der Waals surface area contributed by atoms with Crippen LogP contribution in [0.25, 0.3) is 0 Å². The number of hydrogen-bond acceptors (Lipinski definition) is 2. The molecule has 2 aliphatic rings. The fourth-order valence-electron chi connectivity index (χ4n) is 2.78. The fraction of sp³-hybridized carbons (Fsp3) is 1.00. The molecule has 2 N–H and O–H groups in total. The molecule has 2 fully saturated rings. The Kier molecular flexibility index (Phi) is 2.37. The molecule has 0 radical (unpaired) electrons. The molecule has 0 aromatic carbocycles. The summed E-state index contributed by atoms with van der Waals surface area (Å²) in [5.74, 6) is 2.51. The van der Waals surface area contributed by atoms with Gasteiger partial charge in [0.2, 0.25) is 0 Å². The van der Waals surface area contributed by atoms with E-state index in [0.717, 1.165) is 24.4 Å². The van der Waals surface area contributed by atoms with Crippen LogP contribution in [0.1, 0.15) is 27.2 Å². The molecule has 0 spiro atoms. The second-order valence-corrected chi connectivity index (χ2v) is 5.23. The topological polar surface area (TPSA) is 29.3 Å². The number of likely N-dealkylation sites (tertiary alicyclic amines) is 1. The summed E-state index contributed by atoms with van der Waals surface area (Å²) in [6.45, 7) is 9.37. The van der Waals surface area contributed by atoms with Crippen LogP contribution in [0.3, 0.4) is 0 Å². The Balaban J connectivity index is 1.90. The van der Waals surface area contributed by atoms with Crippen LogP contribution >= 0.6 is 0 Å². The van der Waals surface area contributed by atoms with Crippen LogP contribution in [0.2, 0.25) is 0 Å². The van der Waals surface area contributed by atoms with Crippen molar-refractivity contribution in [3.8, 4) is 0 Å². The van der Waals surface area contributed by atoms with Crippen LogP contribution in [0.4, 0.5) is 0 Å². The zero-order valence-electron chi connectivity index (χ0n) is 9.03. The predicted molar refractivity (Wildman–Crippen MR) is 55.4 cm³/mol. The lowest BCUT2D eigenvalue weighted by Gasteiger charge is -2.46. The molecule has 1 saturated carbocycles. The second-order valence-electron chi connectivity index (χ2n) is 5.23. The molecule has 1 aliphatic carbocycles. The molecule has 0 aromatic rings. The van der Waals surface area contributed by atoms with Crippen molar-refractivity contribution in [3.05, 3.63) is 0 Å². The number of nitrogens with two attached hydrogens (primary N) is 1. The molecule has 13 heavy (non-hydrogen) atoms. The molecule has 1 heterocycles. The van der Waals surface area contributed by atoms with E-state index >= 15 is 0 Å². The SMILES string of the molecule is CC1CN(C2CC(C)C2C)CC1N. The summed E-state index contributed by atoms with van der Waals surface area (Å²) in [6, 6.07) is 1.26. The average molecular weight is 182 g/mol. The molecule has 0 bridgehead atoms. The quantitative estimate of drug-likeness (QED) is 0.662. The van der Waals surface area contributed by atoms with Crippen molar-refractivity contribution in [1.29, 1.82) is 0 Å². The normalized spacial score (nSPS) is 52.2. The van der Waals surface area contributed by atoms with E-state index in [1.807, 2.05) is 0 Å². The van der Waals surface area contributed by atoms with Crippen molar-refractivity contribution in [2.75, 3.05) is 13.1 Å². The van der Waals surface area contributed by atoms with Gasteiger partial charge in [-0.2, -0.15) is 0 Å². The lowest BCUT2D eigenvalue weighted by Crippen LogP contribution is -2.50. The van der Waals surface area contributed by atoms with E-state index < -0.39 is 0 Å². The Morgan fingerprint density at radius 1 is 1.08 bits per heavy atom. The van der Waals surface area contributed by atoms with E-state index in [2.05, 4.69) is 25.7 Å². The summed E-state index contributed by atoms with van der Waals surface area (Å²) in [7, 11) is 0. The summed E-state index contributed by atoms with van der Waals surface area (Å²) in [6.07, 6.45) is 1.39. The van der Waals surface area contributed by atoms with Crippen molar-refractivity contribution in [3.63, 3.8) is 0 Å². The first-order chi connectivity index (χ1) is 6.09. The van der Waals surface area contributed by atoms with Gasteiger partial charge in [-0.1, -0.05) is 20.8 Å². The summed E-state index contributed by atoms with van der Waals surface area (Å²) in [5.41, 5.74) is 6.02. The van der Waals surface area contributed by atoms with E-state index in [-0.39, 0.29) is 0 Å². The standard InChI is InChI=1S/C11H22N2/c1-7-4-11(9(7)3)13-5-8(2)10(12)6-13/h7-11H,4-6,12H2,1-3H3. The summed E-state index contributed by atoms with van der Waals surface area (Å²) >= 11 is 0. The first-order valence-corrected chi connectivity index (χ1v) is 5.59. The van der Waals surface area contributed by atoms with Crippen LogP contribution in [-0.2, 0) is 0 Å². The minimum absolute atomic E-state index is 0.420. The molecule has 5 unspecified atom stereocenters. The minimum atomic E-state index is 0.420. The predicted octanol–water partition coefficient (Wildman–Crippen LogP) is 1.31. The van der Waals surface area contributed by atoms with Crippen molar-refractivity contribution < 1.29 is 0 Å². The zero-order valence-corrected chi connectivity index (χ0v) is 9.03. The van der Waals surface area contributed by atoms with Gasteiger partial charge in [0.15, 0.2) is 0 Å². The highest BCUT2D eigenvalue weighted by molar-refractivity contribution is 4.96. The monoisotopic (exact) mass is 182 g/mol. The van der Waals surface area contributed by atoms with Gasteiger partial charge in [-0.3, -0.25) is 4.90 Å². The maximum Gasteiger partial charge on any atom is 0.0206 e. The number of rotatable bonds is 1. The van der Waals surface area contributed by atoms with E-state index in [4.69, 9.17) is 5.73 Å². The van der Waals surface area contributed by atoms with Crippen molar-refractivity contribution >= 4 is 0 Å². The molecule has 1 aliphatic heterocycles. The van der Waals surface area contributed by atoms with Gasteiger partial charge in [0.05, 0.1) is 0 Å². The van der Waals surface area contributed by atoms with Crippen molar-refractivity contribution in [1.82, 2.24) is 4.90 Å². The molecule has 2 heteroatoms. The van der Waals surface area contributed by atoms with Crippen molar-refractivity contribution in [2.45, 2.75) is 39.3 Å². The highest BCUT2D eigenvalue weighted by Crippen LogP contribution is 2.39. The molecule has 5 atom stereocenters. The Morgan fingerprint density at radius 2 is 1.77 bits per heavy atom. The molecular weight excluding hydrogens is 160 g/mol. The summed E-state index contributed by atoms with van der Waals surface area (Å²) in [5, 5.41) is 0. The van der Waals surface area contributed by atoms with Crippen LogP contribution in [-0.4, -0.2) is 30.1 Å². The third kappa shape index (κ3) is 1.50. The molecule has 2 nitrogen and oxygen atoms in total. The molecular formula is C11H22N2. The van der Waals surface area contributed by atoms with Gasteiger partial charge >= 0.3 is 0 Å². The van der Waals surface area contributed by atoms with E-state index in [0.29, 0.717) is 12.0 Å². The van der Waals surface area contributed by atoms with Crippen LogP contribution in [0.5, 0.6) is 0 Å². The van der Waals surface area contributed by atoms with Gasteiger partial charge in [0.1, 0.15) is 0 Å². The molecule has 0 aromatic heterocycles. The Bertz CT molecular complexity index is 183. The zero-order chi connectivity index (χ0) is 9.59. The third-order valence-electron chi connectivity index (χ3n) is 4.29. The molecule has 76 valence electrons. The maximum absolute atomic E-state index is 6.02. The van der Waals surface area contributed by atoms with Crippen molar-refractivity contribution in [2.24, 2.45) is 23.5 Å². The summed E-state index contributed by atoms with van der Waals surface area (Å²) < 4.78 is 0. The van der Waals surface area contributed by atoms with Crippen LogP contribution in [0, 0.1) is 17.8 Å². The van der Waals surface area contributed by atoms with Gasteiger partial charge in [-0.15, -0.1) is 0 Å². The van der Waals surface area contributed by atoms with E-state index in [1.165, 1.54) is 13.0 Å². The summed E-state index contributed by atoms with van der Waals surface area (Å²) in [4.78, 5) is 2.61. The Labute approximate surface area is 81.5 Å². The molecule has 1 saturated heterocycles. The van der Waals surface area contributed by atoms with Gasteiger partial charge in [0, 0.05) is 25.2 Å². The van der Waals surface area contributed by atoms with Gasteiger partial charge in [-0.25, -0.2) is 0 Å². The second kappa shape index (κ2) is 3.25. The smallest absolute Gasteiger partial charge is 0.0206 e. The third-order valence-corrected chi connectivity index (χ3v) is 4.29. The maximum atomic E-state index is 6.02. The van der Waals surface area contributed by atoms with Gasteiger partial charge in [-0.05, 0) is 24.2 Å². The number of hydrogen-bond donors (Lipinski definition) is 1. The highest BCUT2D eigenvalue weighted by atomic mass is 15.2. The Hall–Kier alpha value is -0.0800.